The summed E-state index contributed by atoms with van der Waals surface area (Å²) < 4.78 is 10.4. The smallest absolute Gasteiger partial charge is 0.305 e. The van der Waals surface area contributed by atoms with E-state index in [1.165, 1.54) is 0 Å². The summed E-state index contributed by atoms with van der Waals surface area (Å²) in [5, 5.41) is 35.3. The lowest BCUT2D eigenvalue weighted by Crippen LogP contribution is -2.27. The van der Waals surface area contributed by atoms with Crippen LogP contribution in [0.1, 0.15) is 45.4 Å². The Kier molecular flexibility index (Phi) is 11.7. The van der Waals surface area contributed by atoms with Gasteiger partial charge in [-0.25, -0.2) is 0 Å². The number of carbonyl (C=O) groups excluding carboxylic acids is 1. The summed E-state index contributed by atoms with van der Waals surface area (Å²) >= 11 is 0. The minimum absolute atomic E-state index is 0.0157. The molecule has 0 saturated carbocycles. The third-order valence-electron chi connectivity index (χ3n) is 2.77. The average molecular weight is 322 g/mol. The van der Waals surface area contributed by atoms with Crippen molar-refractivity contribution in [1.82, 2.24) is 0 Å². The number of hydrogen-bond donors (Lipinski definition) is 4. The first-order chi connectivity index (χ1) is 10.3. The van der Waals surface area contributed by atoms with Crippen molar-refractivity contribution in [3.8, 4) is 0 Å². The Morgan fingerprint density at radius 2 is 1.64 bits per heavy atom. The Labute approximate surface area is 129 Å². The van der Waals surface area contributed by atoms with Gasteiger partial charge in [0.2, 0.25) is 0 Å². The molecule has 8 heteroatoms. The van der Waals surface area contributed by atoms with Crippen LogP contribution in [0.25, 0.3) is 0 Å². The van der Waals surface area contributed by atoms with E-state index in [4.69, 9.17) is 29.9 Å². The standard InChI is InChI=1S/C14H26O8/c1-10(15)8-21-11(6-7-13(18)19)9-22-14(20)5-3-2-4-12(16)17/h10-11,13,15,18-19H,2-9H2,1H3,(H,16,17). The first-order valence-electron chi connectivity index (χ1n) is 7.34. The first-order valence-corrected chi connectivity index (χ1v) is 7.34. The van der Waals surface area contributed by atoms with Gasteiger partial charge in [0.05, 0.1) is 18.8 Å². The molecule has 130 valence electrons. The quantitative estimate of drug-likeness (QED) is 0.212. The highest BCUT2D eigenvalue weighted by Crippen LogP contribution is 2.08. The lowest BCUT2D eigenvalue weighted by molar-refractivity contribution is -0.150. The normalized spacial score (nSPS) is 13.9. The van der Waals surface area contributed by atoms with Gasteiger partial charge in [-0.15, -0.1) is 0 Å². The van der Waals surface area contributed by atoms with Crippen LogP contribution in [0.3, 0.4) is 0 Å². The van der Waals surface area contributed by atoms with Crippen LogP contribution < -0.4 is 0 Å². The summed E-state index contributed by atoms with van der Waals surface area (Å²) in [6, 6.07) is 0. The zero-order chi connectivity index (χ0) is 17.0. The van der Waals surface area contributed by atoms with Crippen molar-refractivity contribution >= 4 is 11.9 Å². The molecular weight excluding hydrogens is 296 g/mol. The van der Waals surface area contributed by atoms with Gasteiger partial charge in [0.15, 0.2) is 6.29 Å². The van der Waals surface area contributed by atoms with E-state index < -0.39 is 30.4 Å². The van der Waals surface area contributed by atoms with E-state index >= 15 is 0 Å². The Hall–Kier alpha value is -1.22. The van der Waals surface area contributed by atoms with Gasteiger partial charge < -0.3 is 29.9 Å². The van der Waals surface area contributed by atoms with Crippen LogP contribution >= 0.6 is 0 Å². The molecule has 0 aromatic heterocycles. The van der Waals surface area contributed by atoms with Gasteiger partial charge in [-0.2, -0.15) is 0 Å². The lowest BCUT2D eigenvalue weighted by atomic mass is 10.2. The Morgan fingerprint density at radius 1 is 1.00 bits per heavy atom. The molecule has 2 atom stereocenters. The van der Waals surface area contributed by atoms with Gasteiger partial charge in [-0.3, -0.25) is 9.59 Å². The van der Waals surface area contributed by atoms with Crippen molar-refractivity contribution in [2.24, 2.45) is 0 Å². The van der Waals surface area contributed by atoms with Gasteiger partial charge >= 0.3 is 11.9 Å². The number of hydrogen-bond acceptors (Lipinski definition) is 7. The van der Waals surface area contributed by atoms with E-state index in [2.05, 4.69) is 0 Å². The molecule has 0 saturated heterocycles. The van der Waals surface area contributed by atoms with Crippen LogP contribution in [0.4, 0.5) is 0 Å². The average Bonchev–Trinajstić information content (AvgIpc) is 2.42. The van der Waals surface area contributed by atoms with E-state index in [1.807, 2.05) is 0 Å². The third kappa shape index (κ3) is 13.7. The van der Waals surface area contributed by atoms with Crippen LogP contribution in [0.2, 0.25) is 0 Å². The molecule has 0 aliphatic carbocycles. The van der Waals surface area contributed by atoms with Crippen LogP contribution in [0.15, 0.2) is 0 Å². The monoisotopic (exact) mass is 322 g/mol. The number of aliphatic hydroxyl groups excluding tert-OH is 2. The molecule has 0 amide bonds. The maximum atomic E-state index is 11.5. The molecule has 4 N–H and O–H groups in total. The molecule has 0 aromatic rings. The van der Waals surface area contributed by atoms with Crippen molar-refractivity contribution in [3.05, 3.63) is 0 Å². The minimum atomic E-state index is -1.47. The summed E-state index contributed by atoms with van der Waals surface area (Å²) in [5.74, 6) is -1.36. The SMILES string of the molecule is CC(O)COC(CCC(O)O)COC(=O)CCCCC(=O)O. The van der Waals surface area contributed by atoms with E-state index in [0.717, 1.165) is 0 Å². The van der Waals surface area contributed by atoms with E-state index in [0.29, 0.717) is 12.8 Å². The van der Waals surface area contributed by atoms with Gasteiger partial charge in [-0.05, 0) is 26.2 Å². The highest BCUT2D eigenvalue weighted by molar-refractivity contribution is 5.69. The number of aliphatic carboxylic acids is 1. The van der Waals surface area contributed by atoms with Gasteiger partial charge in [-0.1, -0.05) is 0 Å². The van der Waals surface area contributed by atoms with Crippen molar-refractivity contribution < 1.29 is 39.5 Å². The molecule has 8 nitrogen and oxygen atoms in total. The summed E-state index contributed by atoms with van der Waals surface area (Å²) in [6.45, 7) is 1.56. The van der Waals surface area contributed by atoms with Crippen LogP contribution in [-0.2, 0) is 19.1 Å². The summed E-state index contributed by atoms with van der Waals surface area (Å²) in [4.78, 5) is 21.8. The Morgan fingerprint density at radius 3 is 2.18 bits per heavy atom. The van der Waals surface area contributed by atoms with Crippen molar-refractivity contribution in [2.75, 3.05) is 13.2 Å². The first kappa shape index (κ1) is 20.8. The molecule has 0 heterocycles. The minimum Gasteiger partial charge on any atom is -0.481 e. The number of esters is 1. The molecule has 2 unspecified atom stereocenters. The van der Waals surface area contributed by atoms with E-state index in [9.17, 15) is 9.59 Å². The molecule has 0 radical (unpaired) electrons. The molecule has 0 rings (SSSR count). The predicted octanol–water partition coefficient (Wildman–Crippen LogP) is 0.0315. The van der Waals surface area contributed by atoms with Gasteiger partial charge in [0.25, 0.3) is 0 Å². The molecule has 0 aliphatic heterocycles. The molecule has 0 bridgehead atoms. The fourth-order valence-corrected chi connectivity index (χ4v) is 1.63. The number of carboxylic acid groups (broad SMARTS) is 1. The molecule has 0 spiro atoms. The lowest BCUT2D eigenvalue weighted by Gasteiger charge is -2.19. The van der Waals surface area contributed by atoms with Crippen molar-refractivity contribution in [2.45, 2.75) is 63.9 Å². The zero-order valence-electron chi connectivity index (χ0n) is 12.8. The molecule has 0 fully saturated rings. The number of ether oxygens (including phenoxy) is 2. The van der Waals surface area contributed by atoms with Gasteiger partial charge in [0, 0.05) is 19.3 Å². The maximum Gasteiger partial charge on any atom is 0.305 e. The van der Waals surface area contributed by atoms with Crippen LogP contribution in [0.5, 0.6) is 0 Å². The third-order valence-corrected chi connectivity index (χ3v) is 2.77. The number of carbonyl (C=O) groups is 2. The predicted molar refractivity (Wildman–Crippen MR) is 75.9 cm³/mol. The molecular formula is C14H26O8. The number of unbranched alkanes of at least 4 members (excludes halogenated alkanes) is 1. The highest BCUT2D eigenvalue weighted by atomic mass is 16.6. The van der Waals surface area contributed by atoms with E-state index in [1.54, 1.807) is 6.92 Å². The van der Waals surface area contributed by atoms with Crippen molar-refractivity contribution in [1.29, 1.82) is 0 Å². The highest BCUT2D eigenvalue weighted by Gasteiger charge is 2.15. The topological polar surface area (TPSA) is 134 Å². The second-order valence-electron chi connectivity index (χ2n) is 5.15. The number of rotatable bonds is 13. The zero-order valence-corrected chi connectivity index (χ0v) is 12.8. The number of carboxylic acids is 1. The maximum absolute atomic E-state index is 11.5. The Balaban J connectivity index is 3.97. The van der Waals surface area contributed by atoms with Crippen molar-refractivity contribution in [3.63, 3.8) is 0 Å². The fraction of sp³-hybridized carbons (Fsp3) is 0.857. The summed E-state index contributed by atoms with van der Waals surface area (Å²) in [7, 11) is 0. The molecule has 0 aliphatic rings. The van der Waals surface area contributed by atoms with Gasteiger partial charge in [0.1, 0.15) is 6.61 Å². The molecule has 22 heavy (non-hydrogen) atoms. The largest absolute Gasteiger partial charge is 0.481 e. The summed E-state index contributed by atoms with van der Waals surface area (Å²) in [6.07, 6.45) is -1.35. The second kappa shape index (κ2) is 12.3. The number of aliphatic hydroxyl groups is 3. The molecule has 0 aromatic carbocycles. The Bertz CT molecular complexity index is 304. The fourth-order valence-electron chi connectivity index (χ4n) is 1.63. The van der Waals surface area contributed by atoms with E-state index in [-0.39, 0.29) is 38.9 Å². The van der Waals surface area contributed by atoms with Crippen LogP contribution in [-0.4, -0.2) is 64.1 Å². The summed E-state index contributed by atoms with van der Waals surface area (Å²) in [5.41, 5.74) is 0. The second-order valence-corrected chi connectivity index (χ2v) is 5.15. The van der Waals surface area contributed by atoms with Crippen LogP contribution in [0, 0.1) is 0 Å².